The molecule has 1 heterocycles. The molecule has 0 aliphatic carbocycles. The zero-order valence-electron chi connectivity index (χ0n) is 13.2. The third kappa shape index (κ3) is 4.32. The van der Waals surface area contributed by atoms with E-state index in [0.29, 0.717) is 23.3 Å². The van der Waals surface area contributed by atoms with E-state index in [4.69, 9.17) is 10.5 Å². The number of carbonyl (C=O) groups excluding carboxylic acids is 1. The summed E-state index contributed by atoms with van der Waals surface area (Å²) in [4.78, 5) is 15.1. The first-order chi connectivity index (χ1) is 10.5. The highest BCUT2D eigenvalue weighted by Crippen LogP contribution is 2.22. The molecule has 0 saturated carbocycles. The van der Waals surface area contributed by atoms with E-state index in [0.717, 1.165) is 12.2 Å². The lowest BCUT2D eigenvalue weighted by Crippen LogP contribution is -2.10. The lowest BCUT2D eigenvalue weighted by Gasteiger charge is -2.15. The molecule has 0 fully saturated rings. The van der Waals surface area contributed by atoms with E-state index in [1.807, 2.05) is 12.1 Å². The predicted molar refractivity (Wildman–Crippen MR) is 87.0 cm³/mol. The highest BCUT2D eigenvalue weighted by Gasteiger charge is 2.08. The highest BCUT2D eigenvalue weighted by molar-refractivity contribution is 5.92. The van der Waals surface area contributed by atoms with Crippen LogP contribution in [0, 0.1) is 11.8 Å². The molecular weight excluding hydrogens is 276 g/mol. The lowest BCUT2D eigenvalue weighted by molar-refractivity contribution is 0.1000. The summed E-state index contributed by atoms with van der Waals surface area (Å²) in [5.41, 5.74) is 6.84. The third-order valence-electron chi connectivity index (χ3n) is 3.86. The van der Waals surface area contributed by atoms with Gasteiger partial charge in [0.15, 0.2) is 0 Å². The number of amides is 1. The molecular formula is C18H22N2O2. The van der Waals surface area contributed by atoms with Crippen LogP contribution in [0.2, 0.25) is 0 Å². The first-order valence-corrected chi connectivity index (χ1v) is 7.48. The molecule has 22 heavy (non-hydrogen) atoms. The summed E-state index contributed by atoms with van der Waals surface area (Å²) < 4.78 is 5.66. The summed E-state index contributed by atoms with van der Waals surface area (Å²) in [5, 5.41) is 0. The van der Waals surface area contributed by atoms with Crippen LogP contribution in [0.1, 0.15) is 36.7 Å². The Morgan fingerprint density at radius 2 is 1.82 bits per heavy atom. The summed E-state index contributed by atoms with van der Waals surface area (Å²) in [7, 11) is 0. The Morgan fingerprint density at radius 3 is 2.32 bits per heavy atom. The maximum Gasteiger partial charge on any atom is 0.250 e. The Labute approximate surface area is 131 Å². The average molecular weight is 298 g/mol. The fourth-order valence-electron chi connectivity index (χ4n) is 2.01. The quantitative estimate of drug-likeness (QED) is 0.882. The molecule has 1 amide bonds. The van der Waals surface area contributed by atoms with Crippen molar-refractivity contribution < 1.29 is 9.53 Å². The van der Waals surface area contributed by atoms with Crippen LogP contribution in [0.5, 0.6) is 11.6 Å². The number of ether oxygens (including phenoxy) is 1. The van der Waals surface area contributed by atoms with Gasteiger partial charge in [0.25, 0.3) is 0 Å². The minimum absolute atomic E-state index is 0.366. The SMILES string of the molecule is CC(C)C(C)Cc1ccc(Oc2ccc(C(N)=O)cn2)cc1. The molecule has 2 aromatic rings. The molecule has 116 valence electrons. The Kier molecular flexibility index (Phi) is 5.15. The van der Waals surface area contributed by atoms with Crippen molar-refractivity contribution in [2.45, 2.75) is 27.2 Å². The number of aromatic nitrogens is 1. The fourth-order valence-corrected chi connectivity index (χ4v) is 2.01. The van der Waals surface area contributed by atoms with Crippen LogP contribution in [0.25, 0.3) is 0 Å². The van der Waals surface area contributed by atoms with Gasteiger partial charge in [-0.25, -0.2) is 4.98 Å². The van der Waals surface area contributed by atoms with Gasteiger partial charge in [-0.15, -0.1) is 0 Å². The number of pyridine rings is 1. The molecule has 0 spiro atoms. The van der Waals surface area contributed by atoms with Crippen molar-refractivity contribution in [3.63, 3.8) is 0 Å². The van der Waals surface area contributed by atoms with Crippen molar-refractivity contribution in [2.75, 3.05) is 0 Å². The van der Waals surface area contributed by atoms with Crippen molar-refractivity contribution in [2.24, 2.45) is 17.6 Å². The minimum Gasteiger partial charge on any atom is -0.439 e. The van der Waals surface area contributed by atoms with Crippen LogP contribution in [0.4, 0.5) is 0 Å². The van der Waals surface area contributed by atoms with Crippen LogP contribution in [-0.2, 0) is 6.42 Å². The first-order valence-electron chi connectivity index (χ1n) is 7.48. The van der Waals surface area contributed by atoms with Gasteiger partial charge in [0.1, 0.15) is 5.75 Å². The largest absolute Gasteiger partial charge is 0.439 e. The summed E-state index contributed by atoms with van der Waals surface area (Å²) in [5.74, 6) is 1.98. The molecule has 2 N–H and O–H groups in total. The number of rotatable bonds is 6. The second-order valence-corrected chi connectivity index (χ2v) is 5.92. The molecule has 1 unspecified atom stereocenters. The fraction of sp³-hybridized carbons (Fsp3) is 0.333. The van der Waals surface area contributed by atoms with Crippen molar-refractivity contribution in [1.82, 2.24) is 4.98 Å². The number of nitrogens with two attached hydrogens (primary N) is 1. The Hall–Kier alpha value is -2.36. The van der Waals surface area contributed by atoms with Gasteiger partial charge in [-0.2, -0.15) is 0 Å². The molecule has 1 atom stereocenters. The predicted octanol–water partition coefficient (Wildman–Crippen LogP) is 3.81. The molecule has 1 aromatic carbocycles. The van der Waals surface area contributed by atoms with Gasteiger partial charge in [0.05, 0.1) is 5.56 Å². The molecule has 4 nitrogen and oxygen atoms in total. The van der Waals surface area contributed by atoms with Crippen molar-refractivity contribution in [3.05, 3.63) is 53.7 Å². The topological polar surface area (TPSA) is 65.2 Å². The smallest absolute Gasteiger partial charge is 0.250 e. The van der Waals surface area contributed by atoms with Gasteiger partial charge in [0.2, 0.25) is 11.8 Å². The monoisotopic (exact) mass is 298 g/mol. The van der Waals surface area contributed by atoms with Gasteiger partial charge in [0, 0.05) is 12.3 Å². The van der Waals surface area contributed by atoms with Crippen LogP contribution < -0.4 is 10.5 Å². The van der Waals surface area contributed by atoms with Gasteiger partial charge in [-0.1, -0.05) is 32.9 Å². The second-order valence-electron chi connectivity index (χ2n) is 5.92. The number of nitrogens with zero attached hydrogens (tertiary/aromatic N) is 1. The maximum absolute atomic E-state index is 11.0. The van der Waals surface area contributed by atoms with E-state index < -0.39 is 5.91 Å². The number of carbonyl (C=O) groups is 1. The van der Waals surface area contributed by atoms with Crippen LogP contribution in [0.15, 0.2) is 42.6 Å². The number of benzene rings is 1. The van der Waals surface area contributed by atoms with Gasteiger partial charge >= 0.3 is 0 Å². The summed E-state index contributed by atoms with van der Waals surface area (Å²) in [6, 6.07) is 11.3. The molecule has 4 heteroatoms. The molecule has 0 saturated heterocycles. The van der Waals surface area contributed by atoms with E-state index in [1.54, 1.807) is 12.1 Å². The molecule has 1 aromatic heterocycles. The highest BCUT2D eigenvalue weighted by atomic mass is 16.5. The minimum atomic E-state index is -0.498. The van der Waals surface area contributed by atoms with Gasteiger partial charge < -0.3 is 10.5 Å². The van der Waals surface area contributed by atoms with E-state index in [-0.39, 0.29) is 0 Å². The molecule has 0 aliphatic heterocycles. The Morgan fingerprint density at radius 1 is 1.14 bits per heavy atom. The summed E-state index contributed by atoms with van der Waals surface area (Å²) >= 11 is 0. The number of hydrogen-bond acceptors (Lipinski definition) is 3. The average Bonchev–Trinajstić information content (AvgIpc) is 2.49. The Bertz CT molecular complexity index is 619. The van der Waals surface area contributed by atoms with E-state index >= 15 is 0 Å². The maximum atomic E-state index is 11.0. The lowest BCUT2D eigenvalue weighted by atomic mass is 9.91. The van der Waals surface area contributed by atoms with Crippen LogP contribution in [-0.4, -0.2) is 10.9 Å². The third-order valence-corrected chi connectivity index (χ3v) is 3.86. The van der Waals surface area contributed by atoms with Gasteiger partial charge in [-0.3, -0.25) is 4.79 Å². The Balaban J connectivity index is 2.00. The van der Waals surface area contributed by atoms with E-state index in [9.17, 15) is 4.79 Å². The van der Waals surface area contributed by atoms with Crippen molar-refractivity contribution in [3.8, 4) is 11.6 Å². The van der Waals surface area contributed by atoms with E-state index in [2.05, 4.69) is 37.9 Å². The standard InChI is InChI=1S/C18H22N2O2/c1-12(2)13(3)10-14-4-7-16(8-5-14)22-17-9-6-15(11-20-17)18(19)21/h4-9,11-13H,10H2,1-3H3,(H2,19,21). The van der Waals surface area contributed by atoms with E-state index in [1.165, 1.54) is 11.8 Å². The number of hydrogen-bond donors (Lipinski definition) is 1. The van der Waals surface area contributed by atoms with Crippen LogP contribution in [0.3, 0.4) is 0 Å². The van der Waals surface area contributed by atoms with Crippen LogP contribution >= 0.6 is 0 Å². The van der Waals surface area contributed by atoms with Gasteiger partial charge in [-0.05, 0) is 42.0 Å². The molecule has 0 radical (unpaired) electrons. The van der Waals surface area contributed by atoms with Crippen molar-refractivity contribution >= 4 is 5.91 Å². The summed E-state index contributed by atoms with van der Waals surface area (Å²) in [6.07, 6.45) is 2.47. The zero-order valence-corrected chi connectivity index (χ0v) is 13.2. The summed E-state index contributed by atoms with van der Waals surface area (Å²) in [6.45, 7) is 6.74. The molecule has 0 bridgehead atoms. The molecule has 0 aliphatic rings. The zero-order chi connectivity index (χ0) is 16.1. The second kappa shape index (κ2) is 7.07. The van der Waals surface area contributed by atoms with Crippen molar-refractivity contribution in [1.29, 1.82) is 0 Å². The normalized spacial score (nSPS) is 12.2. The number of primary amides is 1. The molecule has 2 rings (SSSR count). The first kappa shape index (κ1) is 16.0.